The van der Waals surface area contributed by atoms with Crippen molar-refractivity contribution in [1.82, 2.24) is 20.1 Å². The van der Waals surface area contributed by atoms with Crippen LogP contribution >= 0.6 is 0 Å². The fraction of sp³-hybridized carbons (Fsp3) is 0.241. The molecule has 1 amide bonds. The average Bonchev–Trinajstić information content (AvgIpc) is 3.25. The third-order valence-corrected chi connectivity index (χ3v) is 6.27. The van der Waals surface area contributed by atoms with Gasteiger partial charge in [0.05, 0.1) is 23.2 Å². The number of nitrogens with zero attached hydrogens (tertiary/aromatic N) is 4. The molecule has 0 aliphatic heterocycles. The number of nitrogens with one attached hydrogen (secondary N) is 2. The summed E-state index contributed by atoms with van der Waals surface area (Å²) in [6, 6.07) is 23.3. The maximum Gasteiger partial charge on any atom is 0.234 e. The number of carbonyl (C=O) groups is 1. The number of nitriles is 1. The highest BCUT2D eigenvalue weighted by molar-refractivity contribution is 5.95. The van der Waals surface area contributed by atoms with Crippen molar-refractivity contribution in [3.63, 3.8) is 0 Å². The van der Waals surface area contributed by atoms with Crippen LogP contribution in [0.15, 0.2) is 79.1 Å². The maximum absolute atomic E-state index is 13.3. The van der Waals surface area contributed by atoms with E-state index < -0.39 is 0 Å². The molecule has 36 heavy (non-hydrogen) atoms. The van der Waals surface area contributed by atoms with E-state index in [2.05, 4.69) is 33.7 Å². The van der Waals surface area contributed by atoms with Crippen molar-refractivity contribution in [1.29, 1.82) is 5.26 Å². The van der Waals surface area contributed by atoms with Gasteiger partial charge in [0, 0.05) is 43.7 Å². The Bertz CT molecular complexity index is 1340. The number of benzene rings is 2. The van der Waals surface area contributed by atoms with Gasteiger partial charge in [-0.3, -0.25) is 9.48 Å². The summed E-state index contributed by atoms with van der Waals surface area (Å²) in [5.41, 5.74) is 5.65. The van der Waals surface area contributed by atoms with Crippen LogP contribution in [0.1, 0.15) is 41.1 Å². The monoisotopic (exact) mass is 478 g/mol. The topological polar surface area (TPSA) is 95.6 Å². The Morgan fingerprint density at radius 3 is 2.39 bits per heavy atom. The van der Waals surface area contributed by atoms with E-state index >= 15 is 0 Å². The summed E-state index contributed by atoms with van der Waals surface area (Å²) in [5.74, 6) is 0.262. The molecule has 0 fully saturated rings. The second kappa shape index (κ2) is 11.4. The van der Waals surface area contributed by atoms with Gasteiger partial charge in [0.2, 0.25) is 5.91 Å². The minimum atomic E-state index is -0.374. The predicted octanol–water partition coefficient (Wildman–Crippen LogP) is 4.78. The SMILES string of the molecule is Cc1nn(C)cc1-c1ccc(NC(=O)C(CNC[C@@H](C)c2ccc(C#N)cc2)c2ccccc2)nc1. The molecule has 2 aromatic heterocycles. The van der Waals surface area contributed by atoms with Crippen LogP contribution in [-0.4, -0.2) is 33.8 Å². The molecule has 2 heterocycles. The fourth-order valence-electron chi connectivity index (χ4n) is 4.22. The van der Waals surface area contributed by atoms with Crippen LogP contribution in [0.2, 0.25) is 0 Å². The number of aromatic nitrogens is 3. The molecule has 4 aromatic rings. The Morgan fingerprint density at radius 2 is 1.78 bits per heavy atom. The van der Waals surface area contributed by atoms with E-state index in [1.165, 1.54) is 0 Å². The molecule has 0 saturated heterocycles. The molecule has 7 heteroatoms. The second-order valence-electron chi connectivity index (χ2n) is 8.98. The Labute approximate surface area is 211 Å². The fourth-order valence-corrected chi connectivity index (χ4v) is 4.22. The third kappa shape index (κ3) is 6.04. The summed E-state index contributed by atoms with van der Waals surface area (Å²) in [6.45, 7) is 5.29. The quantitative estimate of drug-likeness (QED) is 0.361. The number of pyridine rings is 1. The largest absolute Gasteiger partial charge is 0.315 e. The number of aryl methyl sites for hydroxylation is 2. The van der Waals surface area contributed by atoms with Crippen molar-refractivity contribution >= 4 is 11.7 Å². The van der Waals surface area contributed by atoms with Gasteiger partial charge in [-0.2, -0.15) is 10.4 Å². The van der Waals surface area contributed by atoms with Gasteiger partial charge in [-0.1, -0.05) is 49.4 Å². The highest BCUT2D eigenvalue weighted by Crippen LogP contribution is 2.23. The molecule has 0 bridgehead atoms. The molecule has 0 radical (unpaired) electrons. The molecular weight excluding hydrogens is 448 g/mol. The van der Waals surface area contributed by atoms with Crippen molar-refractivity contribution < 1.29 is 4.79 Å². The average molecular weight is 479 g/mol. The molecule has 0 spiro atoms. The first-order chi connectivity index (χ1) is 17.4. The van der Waals surface area contributed by atoms with Crippen molar-refractivity contribution in [2.75, 3.05) is 18.4 Å². The van der Waals surface area contributed by atoms with Crippen molar-refractivity contribution in [2.24, 2.45) is 7.05 Å². The van der Waals surface area contributed by atoms with Crippen LogP contribution in [0, 0.1) is 18.3 Å². The maximum atomic E-state index is 13.3. The van der Waals surface area contributed by atoms with Gasteiger partial charge in [0.15, 0.2) is 0 Å². The van der Waals surface area contributed by atoms with Gasteiger partial charge in [-0.05, 0) is 48.2 Å². The van der Waals surface area contributed by atoms with Crippen LogP contribution in [0.4, 0.5) is 5.82 Å². The predicted molar refractivity (Wildman–Crippen MR) is 141 cm³/mol. The highest BCUT2D eigenvalue weighted by atomic mass is 16.2. The van der Waals surface area contributed by atoms with E-state index in [0.29, 0.717) is 24.5 Å². The van der Waals surface area contributed by atoms with Crippen molar-refractivity contribution in [2.45, 2.75) is 25.7 Å². The molecule has 2 atom stereocenters. The Hall–Kier alpha value is -4.28. The number of hydrogen-bond donors (Lipinski definition) is 2. The molecule has 182 valence electrons. The first-order valence-corrected chi connectivity index (χ1v) is 12.0. The Balaban J connectivity index is 1.42. The van der Waals surface area contributed by atoms with Gasteiger partial charge < -0.3 is 10.6 Å². The lowest BCUT2D eigenvalue weighted by Crippen LogP contribution is -2.32. The summed E-state index contributed by atoms with van der Waals surface area (Å²) >= 11 is 0. The van der Waals surface area contributed by atoms with Crippen molar-refractivity contribution in [3.8, 4) is 17.2 Å². The summed E-state index contributed by atoms with van der Waals surface area (Å²) < 4.78 is 1.78. The molecule has 1 unspecified atom stereocenters. The number of amides is 1. The lowest BCUT2D eigenvalue weighted by atomic mass is 9.96. The number of carbonyl (C=O) groups excluding carboxylic acids is 1. The van der Waals surface area contributed by atoms with E-state index in [0.717, 1.165) is 27.9 Å². The van der Waals surface area contributed by atoms with Crippen molar-refractivity contribution in [3.05, 3.63) is 102 Å². The summed E-state index contributed by atoms with van der Waals surface area (Å²) in [4.78, 5) is 17.8. The zero-order chi connectivity index (χ0) is 25.5. The number of rotatable bonds is 9. The number of anilines is 1. The van der Waals surface area contributed by atoms with E-state index in [4.69, 9.17) is 5.26 Å². The van der Waals surface area contributed by atoms with Gasteiger partial charge in [-0.25, -0.2) is 4.98 Å². The first-order valence-electron chi connectivity index (χ1n) is 12.0. The normalized spacial score (nSPS) is 12.5. The van der Waals surface area contributed by atoms with E-state index in [1.54, 1.807) is 10.9 Å². The molecule has 2 aromatic carbocycles. The standard InChI is InChI=1S/C29H30N6O/c1-20(23-11-9-22(15-30)10-12-23)16-31-18-26(24-7-5-4-6-8-24)29(36)33-28-14-13-25(17-32-28)27-19-35(3)34-21(27)2/h4-14,17,19-20,26,31H,16,18H2,1-3H3,(H,32,33,36)/t20-,26?/m1/s1. The van der Waals surface area contributed by atoms with Gasteiger partial charge in [0.1, 0.15) is 5.82 Å². The molecule has 4 rings (SSSR count). The Kier molecular flexibility index (Phi) is 7.89. The lowest BCUT2D eigenvalue weighted by Gasteiger charge is -2.20. The van der Waals surface area contributed by atoms with E-state index in [1.807, 2.05) is 86.9 Å². The summed E-state index contributed by atoms with van der Waals surface area (Å²) in [6.07, 6.45) is 3.72. The summed E-state index contributed by atoms with van der Waals surface area (Å²) in [5, 5.41) is 19.8. The van der Waals surface area contributed by atoms with Gasteiger partial charge in [-0.15, -0.1) is 0 Å². The van der Waals surface area contributed by atoms with Crippen LogP contribution in [0.25, 0.3) is 11.1 Å². The van der Waals surface area contributed by atoms with Gasteiger partial charge >= 0.3 is 0 Å². The van der Waals surface area contributed by atoms with Crippen LogP contribution < -0.4 is 10.6 Å². The zero-order valence-electron chi connectivity index (χ0n) is 20.8. The number of hydrogen-bond acceptors (Lipinski definition) is 5. The first kappa shape index (κ1) is 24.8. The molecule has 7 nitrogen and oxygen atoms in total. The van der Waals surface area contributed by atoms with Gasteiger partial charge in [0.25, 0.3) is 0 Å². The van der Waals surface area contributed by atoms with Crippen LogP contribution in [0.3, 0.4) is 0 Å². The molecule has 0 aliphatic carbocycles. The van der Waals surface area contributed by atoms with E-state index in [9.17, 15) is 4.79 Å². The lowest BCUT2D eigenvalue weighted by molar-refractivity contribution is -0.117. The Morgan fingerprint density at radius 1 is 1.03 bits per heavy atom. The molecular formula is C29H30N6O. The second-order valence-corrected chi connectivity index (χ2v) is 8.98. The third-order valence-electron chi connectivity index (χ3n) is 6.27. The van der Waals surface area contributed by atoms with E-state index in [-0.39, 0.29) is 17.7 Å². The minimum Gasteiger partial charge on any atom is -0.315 e. The summed E-state index contributed by atoms with van der Waals surface area (Å²) in [7, 11) is 1.89. The minimum absolute atomic E-state index is 0.113. The molecule has 0 saturated carbocycles. The molecule has 2 N–H and O–H groups in total. The smallest absolute Gasteiger partial charge is 0.234 e. The highest BCUT2D eigenvalue weighted by Gasteiger charge is 2.21. The van der Waals surface area contributed by atoms with Crippen LogP contribution in [0.5, 0.6) is 0 Å². The zero-order valence-corrected chi connectivity index (χ0v) is 20.8. The van der Waals surface area contributed by atoms with Crippen LogP contribution in [-0.2, 0) is 11.8 Å². The molecule has 0 aliphatic rings.